The monoisotopic (exact) mass is 260 g/mol. The molecule has 0 atom stereocenters. The first-order valence-corrected chi connectivity index (χ1v) is 8.67. The number of halogens is 1. The Labute approximate surface area is 94.7 Å². The van der Waals surface area contributed by atoms with Crippen molar-refractivity contribution in [3.05, 3.63) is 0 Å². The third-order valence-electron chi connectivity index (χ3n) is 1.58. The molecule has 0 saturated heterocycles. The molecule has 0 aromatic carbocycles. The highest BCUT2D eigenvalue weighted by Crippen LogP contribution is 2.62. The van der Waals surface area contributed by atoms with Crippen molar-refractivity contribution in [3.63, 3.8) is 0 Å². The van der Waals surface area contributed by atoms with Crippen LogP contribution in [0.15, 0.2) is 0 Å². The molecular formula is C8H18ClO3PS. The lowest BCUT2D eigenvalue weighted by Gasteiger charge is -2.14. The summed E-state index contributed by atoms with van der Waals surface area (Å²) in [5.41, 5.74) is 0. The zero-order valence-electron chi connectivity index (χ0n) is 8.70. The van der Waals surface area contributed by atoms with Crippen molar-refractivity contribution in [2.45, 2.75) is 39.5 Å². The van der Waals surface area contributed by atoms with E-state index in [9.17, 15) is 4.57 Å². The summed E-state index contributed by atoms with van der Waals surface area (Å²) in [5, 5.41) is 0. The first kappa shape index (κ1) is 14.8. The molecule has 86 valence electrons. The van der Waals surface area contributed by atoms with Gasteiger partial charge < -0.3 is 0 Å². The Kier molecular flexibility index (Phi) is 9.56. The lowest BCUT2D eigenvalue weighted by Crippen LogP contribution is -1.95. The van der Waals surface area contributed by atoms with E-state index >= 15 is 0 Å². The topological polar surface area (TPSA) is 35.5 Å². The maximum absolute atomic E-state index is 11.7. The van der Waals surface area contributed by atoms with Crippen LogP contribution in [-0.4, -0.2) is 13.2 Å². The molecule has 0 radical (unpaired) electrons. The Morgan fingerprint density at radius 1 is 1.14 bits per heavy atom. The summed E-state index contributed by atoms with van der Waals surface area (Å²) in [7, 11) is 6.13. The Morgan fingerprint density at radius 3 is 1.86 bits per heavy atom. The molecule has 0 aromatic rings. The summed E-state index contributed by atoms with van der Waals surface area (Å²) in [5.74, 6) is 0. The van der Waals surface area contributed by atoms with Crippen molar-refractivity contribution in [1.82, 2.24) is 0 Å². The van der Waals surface area contributed by atoms with Crippen LogP contribution in [-0.2, 0) is 13.6 Å². The number of hydrogen-bond acceptors (Lipinski definition) is 4. The fraction of sp³-hybridized carbons (Fsp3) is 1.00. The fourth-order valence-corrected chi connectivity index (χ4v) is 2.98. The molecule has 0 amide bonds. The molecule has 0 saturated carbocycles. The highest BCUT2D eigenvalue weighted by molar-refractivity contribution is 8.66. The van der Waals surface area contributed by atoms with Gasteiger partial charge in [0.25, 0.3) is 0 Å². The van der Waals surface area contributed by atoms with Crippen LogP contribution in [0.1, 0.15) is 39.5 Å². The van der Waals surface area contributed by atoms with E-state index in [-0.39, 0.29) is 0 Å². The van der Waals surface area contributed by atoms with Crippen molar-refractivity contribution >= 4 is 28.1 Å². The summed E-state index contributed by atoms with van der Waals surface area (Å²) in [6, 6.07) is 0. The molecule has 0 rings (SSSR count). The van der Waals surface area contributed by atoms with Gasteiger partial charge in [0, 0.05) is 0 Å². The first-order valence-electron chi connectivity index (χ1n) is 4.88. The first-order chi connectivity index (χ1) is 6.68. The molecule has 0 aliphatic rings. The molecule has 0 fully saturated rings. The predicted molar refractivity (Wildman–Crippen MR) is 62.8 cm³/mol. The van der Waals surface area contributed by atoms with Gasteiger partial charge in [0.2, 0.25) is 0 Å². The SMILES string of the molecule is CCCCOP(=O)(OCCCC)SCl. The summed E-state index contributed by atoms with van der Waals surface area (Å²) < 4.78 is 22.0. The molecule has 0 aliphatic heterocycles. The molecule has 0 aromatic heterocycles. The lowest BCUT2D eigenvalue weighted by molar-refractivity contribution is 0.215. The average molecular weight is 261 g/mol. The molecule has 0 N–H and O–H groups in total. The quantitative estimate of drug-likeness (QED) is 0.448. The molecule has 6 heteroatoms. The maximum Gasteiger partial charge on any atom is 0.404 e. The second kappa shape index (κ2) is 9.05. The molecule has 0 bridgehead atoms. The van der Waals surface area contributed by atoms with Crippen LogP contribution in [0.4, 0.5) is 0 Å². The summed E-state index contributed by atoms with van der Waals surface area (Å²) >= 11 is 0. The van der Waals surface area contributed by atoms with Crippen molar-refractivity contribution < 1.29 is 13.6 Å². The van der Waals surface area contributed by atoms with Crippen molar-refractivity contribution in [2.24, 2.45) is 0 Å². The van der Waals surface area contributed by atoms with Gasteiger partial charge in [-0.3, -0.25) is 9.05 Å². The third-order valence-corrected chi connectivity index (χ3v) is 5.41. The average Bonchev–Trinajstić information content (AvgIpc) is 2.19. The standard InChI is InChI=1S/C8H18ClO3PS/c1-3-5-7-11-13(10,14-9)12-8-6-4-2/h3-8H2,1-2H3. The van der Waals surface area contributed by atoms with Gasteiger partial charge in [-0.1, -0.05) is 26.7 Å². The normalized spacial score (nSPS) is 11.9. The van der Waals surface area contributed by atoms with Gasteiger partial charge in [-0.05, 0) is 23.5 Å². The minimum atomic E-state index is -3.08. The Morgan fingerprint density at radius 2 is 1.57 bits per heavy atom. The van der Waals surface area contributed by atoms with Crippen LogP contribution in [0, 0.1) is 0 Å². The van der Waals surface area contributed by atoms with Crippen LogP contribution in [0.2, 0.25) is 0 Å². The minimum Gasteiger partial charge on any atom is -0.300 e. The highest BCUT2D eigenvalue weighted by Gasteiger charge is 2.24. The summed E-state index contributed by atoms with van der Waals surface area (Å²) in [6.07, 6.45) is 3.75. The van der Waals surface area contributed by atoms with E-state index in [1.54, 1.807) is 0 Å². The Bertz CT molecular complexity index is 166. The van der Waals surface area contributed by atoms with Crippen molar-refractivity contribution in [2.75, 3.05) is 13.2 Å². The van der Waals surface area contributed by atoms with Crippen molar-refractivity contribution in [3.8, 4) is 0 Å². The van der Waals surface area contributed by atoms with Crippen LogP contribution in [0.5, 0.6) is 0 Å². The van der Waals surface area contributed by atoms with Crippen LogP contribution < -0.4 is 0 Å². The van der Waals surface area contributed by atoms with Crippen LogP contribution >= 0.6 is 28.1 Å². The highest BCUT2D eigenvalue weighted by atomic mass is 35.7. The smallest absolute Gasteiger partial charge is 0.300 e. The van der Waals surface area contributed by atoms with E-state index in [1.807, 2.05) is 13.8 Å². The van der Waals surface area contributed by atoms with Gasteiger partial charge in [-0.2, -0.15) is 0 Å². The zero-order valence-corrected chi connectivity index (χ0v) is 11.2. The Balaban J connectivity index is 3.74. The molecule has 14 heavy (non-hydrogen) atoms. The molecule has 0 aliphatic carbocycles. The molecular weight excluding hydrogens is 243 g/mol. The fourth-order valence-electron chi connectivity index (χ4n) is 0.718. The second-order valence-corrected chi connectivity index (χ2v) is 7.44. The maximum atomic E-state index is 11.7. The van der Waals surface area contributed by atoms with Crippen molar-refractivity contribution in [1.29, 1.82) is 0 Å². The number of unbranched alkanes of at least 4 members (excludes halogenated alkanes) is 2. The molecule has 0 spiro atoms. The minimum absolute atomic E-state index is 0.444. The van der Waals surface area contributed by atoms with E-state index < -0.39 is 6.80 Å². The zero-order chi connectivity index (χ0) is 10.9. The third kappa shape index (κ3) is 7.13. The Hall–Kier alpha value is 0.790. The van der Waals surface area contributed by atoms with Gasteiger partial charge in [-0.25, -0.2) is 4.57 Å². The van der Waals surface area contributed by atoms with E-state index in [4.69, 9.17) is 19.7 Å². The number of rotatable bonds is 9. The van der Waals surface area contributed by atoms with Crippen LogP contribution in [0.3, 0.4) is 0 Å². The van der Waals surface area contributed by atoms with Gasteiger partial charge in [0.05, 0.1) is 23.8 Å². The van der Waals surface area contributed by atoms with Gasteiger partial charge in [0.15, 0.2) is 0 Å². The predicted octanol–water partition coefficient (Wildman–Crippen LogP) is 4.61. The van der Waals surface area contributed by atoms with Crippen LogP contribution in [0.25, 0.3) is 0 Å². The van der Waals surface area contributed by atoms with Gasteiger partial charge >= 0.3 is 6.80 Å². The summed E-state index contributed by atoms with van der Waals surface area (Å²) in [4.78, 5) is 0. The lowest BCUT2D eigenvalue weighted by atomic mass is 10.4. The second-order valence-electron chi connectivity index (χ2n) is 2.89. The summed E-state index contributed by atoms with van der Waals surface area (Å²) in [6.45, 7) is 1.89. The molecule has 3 nitrogen and oxygen atoms in total. The molecule has 0 unspecified atom stereocenters. The largest absolute Gasteiger partial charge is 0.404 e. The van der Waals surface area contributed by atoms with E-state index in [0.717, 1.165) is 25.7 Å². The molecule has 0 heterocycles. The number of hydrogen-bond donors (Lipinski definition) is 0. The van der Waals surface area contributed by atoms with E-state index in [1.165, 1.54) is 0 Å². The van der Waals surface area contributed by atoms with Gasteiger partial charge in [0.1, 0.15) is 0 Å². The van der Waals surface area contributed by atoms with E-state index in [2.05, 4.69) is 0 Å². The van der Waals surface area contributed by atoms with Gasteiger partial charge in [-0.15, -0.1) is 0 Å². The van der Waals surface area contributed by atoms with E-state index in [0.29, 0.717) is 23.8 Å².